The van der Waals surface area contributed by atoms with Crippen molar-refractivity contribution in [2.75, 3.05) is 5.32 Å². The molecule has 0 fully saturated rings. The van der Waals surface area contributed by atoms with E-state index in [0.717, 1.165) is 22.7 Å². The summed E-state index contributed by atoms with van der Waals surface area (Å²) >= 11 is 1.43. The number of amides is 2. The highest BCUT2D eigenvalue weighted by atomic mass is 32.1. The molecule has 110 valence electrons. The molecule has 0 aliphatic heterocycles. The Bertz CT molecular complexity index is 687. The largest absolute Gasteiger partial charge is 0.478 e. The second-order valence-corrected chi connectivity index (χ2v) is 5.11. The van der Waals surface area contributed by atoms with Gasteiger partial charge in [-0.3, -0.25) is 0 Å². The number of hydrogen-bond acceptors (Lipinski definition) is 4. The number of carboxylic acid groups (broad SMARTS) is 1. The van der Waals surface area contributed by atoms with Gasteiger partial charge in [0.1, 0.15) is 5.82 Å². The summed E-state index contributed by atoms with van der Waals surface area (Å²) in [6, 6.07) is 2.84. The molecule has 0 aliphatic carbocycles. The lowest BCUT2D eigenvalue weighted by Crippen LogP contribution is -2.28. The molecule has 0 atom stereocenters. The van der Waals surface area contributed by atoms with Gasteiger partial charge in [0.2, 0.25) is 0 Å². The number of thiazole rings is 1. The molecule has 0 saturated carbocycles. The quantitative estimate of drug-likeness (QED) is 0.809. The SMILES string of the molecule is Cc1ncsc1CNC(=O)Nc1ccc(F)c(C(=O)O)c1. The topological polar surface area (TPSA) is 91.3 Å². The first kappa shape index (κ1) is 14.9. The minimum atomic E-state index is -1.39. The highest BCUT2D eigenvalue weighted by Crippen LogP contribution is 2.15. The fourth-order valence-corrected chi connectivity index (χ4v) is 2.32. The van der Waals surface area contributed by atoms with Crippen LogP contribution in [0.2, 0.25) is 0 Å². The van der Waals surface area contributed by atoms with Gasteiger partial charge in [0.25, 0.3) is 0 Å². The number of hydrogen-bond donors (Lipinski definition) is 3. The third-order valence-electron chi connectivity index (χ3n) is 2.71. The smallest absolute Gasteiger partial charge is 0.338 e. The van der Waals surface area contributed by atoms with Gasteiger partial charge in [-0.2, -0.15) is 0 Å². The van der Waals surface area contributed by atoms with Crippen LogP contribution in [0.1, 0.15) is 20.9 Å². The molecule has 2 rings (SSSR count). The minimum Gasteiger partial charge on any atom is -0.478 e. The first-order valence-corrected chi connectivity index (χ1v) is 6.82. The Balaban J connectivity index is 1.98. The maximum absolute atomic E-state index is 13.2. The van der Waals surface area contributed by atoms with Crippen LogP contribution in [0.25, 0.3) is 0 Å². The van der Waals surface area contributed by atoms with Crippen molar-refractivity contribution in [3.63, 3.8) is 0 Å². The molecular weight excluding hydrogens is 297 g/mol. The third kappa shape index (κ3) is 3.76. The van der Waals surface area contributed by atoms with Crippen molar-refractivity contribution in [3.05, 3.63) is 45.7 Å². The van der Waals surface area contributed by atoms with Crippen molar-refractivity contribution < 1.29 is 19.1 Å². The van der Waals surface area contributed by atoms with E-state index in [0.29, 0.717) is 6.54 Å². The van der Waals surface area contributed by atoms with E-state index in [1.165, 1.54) is 17.4 Å². The van der Waals surface area contributed by atoms with Crippen LogP contribution >= 0.6 is 11.3 Å². The van der Waals surface area contributed by atoms with Crippen LogP contribution in [0.3, 0.4) is 0 Å². The summed E-state index contributed by atoms with van der Waals surface area (Å²) in [7, 11) is 0. The van der Waals surface area contributed by atoms with Crippen molar-refractivity contribution >= 4 is 29.0 Å². The molecule has 6 nitrogen and oxygen atoms in total. The van der Waals surface area contributed by atoms with Gasteiger partial charge in [-0.1, -0.05) is 0 Å². The molecule has 8 heteroatoms. The molecule has 1 aromatic carbocycles. The Morgan fingerprint density at radius 2 is 2.19 bits per heavy atom. The molecule has 0 bridgehead atoms. The van der Waals surface area contributed by atoms with Crippen LogP contribution in [0.4, 0.5) is 14.9 Å². The fraction of sp³-hybridized carbons (Fsp3) is 0.154. The van der Waals surface area contributed by atoms with Crippen molar-refractivity contribution in [1.82, 2.24) is 10.3 Å². The average Bonchev–Trinajstić information content (AvgIpc) is 2.84. The highest BCUT2D eigenvalue weighted by molar-refractivity contribution is 7.09. The summed E-state index contributed by atoms with van der Waals surface area (Å²) in [6.07, 6.45) is 0. The molecule has 1 aromatic heterocycles. The normalized spacial score (nSPS) is 10.2. The van der Waals surface area contributed by atoms with E-state index < -0.39 is 23.4 Å². The molecule has 2 amide bonds. The molecule has 0 spiro atoms. The predicted molar refractivity (Wildman–Crippen MR) is 76.1 cm³/mol. The number of nitrogens with zero attached hydrogens (tertiary/aromatic N) is 1. The molecule has 21 heavy (non-hydrogen) atoms. The Hall–Kier alpha value is -2.48. The number of aromatic nitrogens is 1. The zero-order valence-corrected chi connectivity index (χ0v) is 11.8. The molecule has 0 saturated heterocycles. The maximum atomic E-state index is 13.2. The number of carboxylic acids is 1. The van der Waals surface area contributed by atoms with E-state index in [1.54, 1.807) is 5.51 Å². The van der Waals surface area contributed by atoms with Gasteiger partial charge in [0.05, 0.1) is 23.3 Å². The first-order chi connectivity index (χ1) is 9.97. The van der Waals surface area contributed by atoms with E-state index in [4.69, 9.17) is 5.11 Å². The number of rotatable bonds is 4. The number of carbonyl (C=O) groups excluding carboxylic acids is 1. The fourth-order valence-electron chi connectivity index (χ4n) is 1.60. The molecule has 0 aliphatic rings. The first-order valence-electron chi connectivity index (χ1n) is 5.94. The summed E-state index contributed by atoms with van der Waals surface area (Å²) in [5.41, 5.74) is 2.23. The van der Waals surface area contributed by atoms with Crippen molar-refractivity contribution in [2.45, 2.75) is 13.5 Å². The number of nitrogens with one attached hydrogen (secondary N) is 2. The van der Waals surface area contributed by atoms with Gasteiger partial charge in [-0.25, -0.2) is 19.0 Å². The van der Waals surface area contributed by atoms with Crippen LogP contribution in [0, 0.1) is 12.7 Å². The van der Waals surface area contributed by atoms with Crippen LogP contribution in [-0.2, 0) is 6.54 Å². The molecular formula is C13H12FN3O3S. The third-order valence-corrected chi connectivity index (χ3v) is 3.64. The Kier molecular flexibility index (Phi) is 4.49. The number of benzene rings is 1. The molecule has 2 aromatic rings. The Morgan fingerprint density at radius 1 is 1.43 bits per heavy atom. The summed E-state index contributed by atoms with van der Waals surface area (Å²) in [6.45, 7) is 2.15. The summed E-state index contributed by atoms with van der Waals surface area (Å²) in [5.74, 6) is -2.24. The van der Waals surface area contributed by atoms with Crippen LogP contribution in [0.5, 0.6) is 0 Å². The average molecular weight is 309 g/mol. The van der Waals surface area contributed by atoms with E-state index in [2.05, 4.69) is 15.6 Å². The lowest BCUT2D eigenvalue weighted by Gasteiger charge is -2.08. The van der Waals surface area contributed by atoms with Crippen molar-refractivity contribution in [3.8, 4) is 0 Å². The minimum absolute atomic E-state index is 0.201. The van der Waals surface area contributed by atoms with E-state index in [1.807, 2.05) is 6.92 Å². The predicted octanol–water partition coefficient (Wildman–Crippen LogP) is 2.61. The standard InChI is InChI=1S/C13H12FN3O3S/c1-7-11(21-6-16-7)5-15-13(20)17-8-2-3-10(14)9(4-8)12(18)19/h2-4,6H,5H2,1H3,(H,18,19)(H2,15,17,20). The highest BCUT2D eigenvalue weighted by Gasteiger charge is 2.12. The number of aromatic carboxylic acids is 1. The Labute approximate surface area is 123 Å². The molecule has 3 N–H and O–H groups in total. The van der Waals surface area contributed by atoms with E-state index in [-0.39, 0.29) is 5.69 Å². The van der Waals surface area contributed by atoms with Crippen LogP contribution in [0.15, 0.2) is 23.7 Å². The zero-order valence-electron chi connectivity index (χ0n) is 11.0. The van der Waals surface area contributed by atoms with E-state index in [9.17, 15) is 14.0 Å². The Morgan fingerprint density at radius 3 is 2.81 bits per heavy atom. The zero-order chi connectivity index (χ0) is 15.4. The van der Waals surface area contributed by atoms with Gasteiger partial charge in [-0.05, 0) is 25.1 Å². The monoisotopic (exact) mass is 309 g/mol. The summed E-state index contributed by atoms with van der Waals surface area (Å²) < 4.78 is 13.2. The number of anilines is 1. The van der Waals surface area contributed by atoms with Crippen molar-refractivity contribution in [2.24, 2.45) is 0 Å². The maximum Gasteiger partial charge on any atom is 0.338 e. The van der Waals surface area contributed by atoms with E-state index >= 15 is 0 Å². The van der Waals surface area contributed by atoms with Gasteiger partial charge >= 0.3 is 12.0 Å². The summed E-state index contributed by atoms with van der Waals surface area (Å²) in [4.78, 5) is 27.5. The number of aryl methyl sites for hydroxylation is 1. The lowest BCUT2D eigenvalue weighted by molar-refractivity contribution is 0.0692. The van der Waals surface area contributed by atoms with Crippen LogP contribution in [-0.4, -0.2) is 22.1 Å². The van der Waals surface area contributed by atoms with Gasteiger partial charge in [0.15, 0.2) is 0 Å². The lowest BCUT2D eigenvalue weighted by atomic mass is 10.2. The van der Waals surface area contributed by atoms with Gasteiger partial charge < -0.3 is 15.7 Å². The number of urea groups is 1. The van der Waals surface area contributed by atoms with Gasteiger partial charge in [0, 0.05) is 10.6 Å². The molecule has 1 heterocycles. The number of halogens is 1. The molecule has 0 radical (unpaired) electrons. The van der Waals surface area contributed by atoms with Gasteiger partial charge in [-0.15, -0.1) is 11.3 Å². The second-order valence-electron chi connectivity index (χ2n) is 4.17. The summed E-state index contributed by atoms with van der Waals surface area (Å²) in [5, 5.41) is 13.9. The number of carbonyl (C=O) groups is 2. The van der Waals surface area contributed by atoms with Crippen LogP contribution < -0.4 is 10.6 Å². The second kappa shape index (κ2) is 6.31. The van der Waals surface area contributed by atoms with Crippen molar-refractivity contribution in [1.29, 1.82) is 0 Å². The molecule has 0 unspecified atom stereocenters.